The smallest absolute Gasteiger partial charge is 0.309 e. The molecule has 5 rings (SSSR count). The SMILES string of the molecule is CCOC(=O)C1CCN(c2ncnc3c2CN(C(=O)c2ccc(-c4cccc(F)c4)cn2)CC3)CC1. The number of anilines is 1. The van der Waals surface area contributed by atoms with E-state index in [4.69, 9.17) is 4.74 Å². The van der Waals surface area contributed by atoms with Crippen molar-refractivity contribution in [1.29, 1.82) is 0 Å². The number of piperidine rings is 1. The molecule has 1 aromatic carbocycles. The molecule has 0 aliphatic carbocycles. The van der Waals surface area contributed by atoms with E-state index in [1.807, 2.05) is 6.92 Å². The van der Waals surface area contributed by atoms with Gasteiger partial charge in [0.2, 0.25) is 0 Å². The molecule has 2 aliphatic heterocycles. The molecule has 0 radical (unpaired) electrons. The molecule has 0 saturated carbocycles. The van der Waals surface area contributed by atoms with E-state index in [-0.39, 0.29) is 23.6 Å². The number of amides is 1. The van der Waals surface area contributed by atoms with Crippen LogP contribution >= 0.6 is 0 Å². The van der Waals surface area contributed by atoms with E-state index in [2.05, 4.69) is 19.9 Å². The Labute approximate surface area is 209 Å². The molecule has 0 spiro atoms. The number of carbonyl (C=O) groups is 2. The van der Waals surface area contributed by atoms with Crippen LogP contribution in [0.15, 0.2) is 48.9 Å². The van der Waals surface area contributed by atoms with Gasteiger partial charge in [0, 0.05) is 43.4 Å². The van der Waals surface area contributed by atoms with Crippen LogP contribution in [-0.4, -0.2) is 58.0 Å². The molecule has 2 aliphatic rings. The van der Waals surface area contributed by atoms with Crippen LogP contribution in [0.1, 0.15) is 41.5 Å². The molecule has 36 heavy (non-hydrogen) atoms. The van der Waals surface area contributed by atoms with Crippen LogP contribution in [0, 0.1) is 11.7 Å². The standard InChI is InChI=1S/C27H28FN5O3/c1-2-36-27(35)18-8-11-32(12-9-18)25-22-16-33(13-10-23(22)30-17-31-25)26(34)24-7-6-20(15-29-24)19-4-3-5-21(28)14-19/h3-7,14-15,17-18H,2,8-13,16H2,1H3. The van der Waals surface area contributed by atoms with Crippen LogP contribution in [-0.2, 0) is 22.5 Å². The number of rotatable bonds is 5. The quantitative estimate of drug-likeness (QED) is 0.506. The highest BCUT2D eigenvalue weighted by molar-refractivity contribution is 5.93. The lowest BCUT2D eigenvalue weighted by atomic mass is 9.96. The Morgan fingerprint density at radius 1 is 1.06 bits per heavy atom. The first kappa shape index (κ1) is 23.8. The summed E-state index contributed by atoms with van der Waals surface area (Å²) in [5.41, 5.74) is 3.69. The Kier molecular flexibility index (Phi) is 6.88. The van der Waals surface area contributed by atoms with E-state index in [1.165, 1.54) is 12.1 Å². The highest BCUT2D eigenvalue weighted by Crippen LogP contribution is 2.30. The zero-order valence-electron chi connectivity index (χ0n) is 20.2. The number of aromatic nitrogens is 3. The summed E-state index contributed by atoms with van der Waals surface area (Å²) < 4.78 is 18.7. The molecular weight excluding hydrogens is 461 g/mol. The summed E-state index contributed by atoms with van der Waals surface area (Å²) in [4.78, 5) is 42.7. The van der Waals surface area contributed by atoms with E-state index >= 15 is 0 Å². The highest BCUT2D eigenvalue weighted by Gasteiger charge is 2.31. The average Bonchev–Trinajstić information content (AvgIpc) is 2.92. The van der Waals surface area contributed by atoms with Crippen molar-refractivity contribution in [2.75, 3.05) is 31.1 Å². The summed E-state index contributed by atoms with van der Waals surface area (Å²) in [6, 6.07) is 9.75. The molecule has 9 heteroatoms. The Hall–Kier alpha value is -3.88. The van der Waals surface area contributed by atoms with E-state index in [0.29, 0.717) is 63.3 Å². The van der Waals surface area contributed by atoms with E-state index in [1.54, 1.807) is 41.7 Å². The Balaban J connectivity index is 1.29. The maximum atomic E-state index is 13.6. The minimum absolute atomic E-state index is 0.0848. The number of hydrogen-bond donors (Lipinski definition) is 0. The lowest BCUT2D eigenvalue weighted by molar-refractivity contribution is -0.148. The maximum Gasteiger partial charge on any atom is 0.309 e. The monoisotopic (exact) mass is 489 g/mol. The zero-order chi connectivity index (χ0) is 25.1. The summed E-state index contributed by atoms with van der Waals surface area (Å²) in [7, 11) is 0. The molecule has 186 valence electrons. The first-order chi connectivity index (χ1) is 17.5. The predicted molar refractivity (Wildman–Crippen MR) is 132 cm³/mol. The fourth-order valence-electron chi connectivity index (χ4n) is 4.88. The molecular formula is C27H28FN5O3. The molecule has 2 aromatic heterocycles. The van der Waals surface area contributed by atoms with Crippen molar-refractivity contribution < 1.29 is 18.7 Å². The highest BCUT2D eigenvalue weighted by atomic mass is 19.1. The van der Waals surface area contributed by atoms with Gasteiger partial charge in [-0.05, 0) is 43.5 Å². The second-order valence-corrected chi connectivity index (χ2v) is 9.06. The summed E-state index contributed by atoms with van der Waals surface area (Å²) in [6.45, 7) is 4.55. The van der Waals surface area contributed by atoms with Crippen molar-refractivity contribution in [1.82, 2.24) is 19.9 Å². The van der Waals surface area contributed by atoms with Crippen molar-refractivity contribution >= 4 is 17.7 Å². The molecule has 0 bridgehead atoms. The summed E-state index contributed by atoms with van der Waals surface area (Å²) in [5, 5.41) is 0. The molecule has 1 amide bonds. The molecule has 0 N–H and O–H groups in total. The van der Waals surface area contributed by atoms with Gasteiger partial charge in [-0.3, -0.25) is 14.6 Å². The van der Waals surface area contributed by atoms with E-state index < -0.39 is 0 Å². The molecule has 3 aromatic rings. The second kappa shape index (κ2) is 10.4. The first-order valence-electron chi connectivity index (χ1n) is 12.3. The van der Waals surface area contributed by atoms with Gasteiger partial charge in [0.05, 0.1) is 24.8 Å². The summed E-state index contributed by atoms with van der Waals surface area (Å²) in [6.07, 6.45) is 5.23. The van der Waals surface area contributed by atoms with E-state index in [9.17, 15) is 14.0 Å². The van der Waals surface area contributed by atoms with Gasteiger partial charge in [0.15, 0.2) is 0 Å². The van der Waals surface area contributed by atoms with Gasteiger partial charge in [0.1, 0.15) is 23.7 Å². The van der Waals surface area contributed by atoms with Crippen molar-refractivity contribution in [3.8, 4) is 11.1 Å². The Morgan fingerprint density at radius 2 is 1.89 bits per heavy atom. The van der Waals surface area contributed by atoms with Crippen molar-refractivity contribution in [3.63, 3.8) is 0 Å². The van der Waals surface area contributed by atoms with Crippen molar-refractivity contribution in [3.05, 3.63) is 71.7 Å². The zero-order valence-corrected chi connectivity index (χ0v) is 20.2. The van der Waals surface area contributed by atoms with Crippen LogP contribution in [0.5, 0.6) is 0 Å². The van der Waals surface area contributed by atoms with Crippen molar-refractivity contribution in [2.45, 2.75) is 32.7 Å². The number of pyridine rings is 1. The normalized spacial score (nSPS) is 15.9. The topological polar surface area (TPSA) is 88.5 Å². The van der Waals surface area contributed by atoms with Crippen molar-refractivity contribution in [2.24, 2.45) is 5.92 Å². The Bertz CT molecular complexity index is 1260. The fourth-order valence-corrected chi connectivity index (χ4v) is 4.88. The van der Waals surface area contributed by atoms with Crippen LogP contribution in [0.4, 0.5) is 10.2 Å². The number of nitrogens with zero attached hydrogens (tertiary/aromatic N) is 5. The minimum Gasteiger partial charge on any atom is -0.466 e. The first-order valence-corrected chi connectivity index (χ1v) is 12.3. The maximum absolute atomic E-state index is 13.6. The third-order valence-corrected chi connectivity index (χ3v) is 6.82. The number of carbonyl (C=O) groups excluding carboxylic acids is 2. The number of ether oxygens (including phenoxy) is 1. The molecule has 0 atom stereocenters. The van der Waals surface area contributed by atoms with Gasteiger partial charge in [-0.25, -0.2) is 14.4 Å². The van der Waals surface area contributed by atoms with Crippen LogP contribution in [0.3, 0.4) is 0 Å². The van der Waals surface area contributed by atoms with Gasteiger partial charge in [-0.2, -0.15) is 0 Å². The third-order valence-electron chi connectivity index (χ3n) is 6.82. The lowest BCUT2D eigenvalue weighted by Gasteiger charge is -2.35. The van der Waals surface area contributed by atoms with Gasteiger partial charge in [0.25, 0.3) is 5.91 Å². The average molecular weight is 490 g/mol. The second-order valence-electron chi connectivity index (χ2n) is 9.06. The van der Waals surface area contributed by atoms with Crippen LogP contribution in [0.2, 0.25) is 0 Å². The molecule has 1 fully saturated rings. The summed E-state index contributed by atoms with van der Waals surface area (Å²) in [5.74, 6) is 0.132. The number of halogens is 1. The number of hydrogen-bond acceptors (Lipinski definition) is 7. The largest absolute Gasteiger partial charge is 0.466 e. The van der Waals surface area contributed by atoms with Gasteiger partial charge in [-0.15, -0.1) is 0 Å². The number of esters is 1. The Morgan fingerprint density at radius 3 is 2.61 bits per heavy atom. The number of fused-ring (bicyclic) bond motifs is 1. The third kappa shape index (κ3) is 4.91. The predicted octanol–water partition coefficient (Wildman–Crippen LogP) is 3.66. The van der Waals surface area contributed by atoms with Gasteiger partial charge < -0.3 is 14.5 Å². The molecule has 8 nitrogen and oxygen atoms in total. The molecule has 1 saturated heterocycles. The van der Waals surface area contributed by atoms with Crippen LogP contribution in [0.25, 0.3) is 11.1 Å². The minimum atomic E-state index is -0.317. The molecule has 0 unspecified atom stereocenters. The number of benzene rings is 1. The van der Waals surface area contributed by atoms with Gasteiger partial charge >= 0.3 is 5.97 Å². The lowest BCUT2D eigenvalue weighted by Crippen LogP contribution is -2.41. The van der Waals surface area contributed by atoms with Crippen LogP contribution < -0.4 is 4.90 Å². The van der Waals surface area contributed by atoms with Gasteiger partial charge in [-0.1, -0.05) is 18.2 Å². The summed E-state index contributed by atoms with van der Waals surface area (Å²) >= 11 is 0. The molecule has 4 heterocycles. The fraction of sp³-hybridized carbons (Fsp3) is 0.370. The van der Waals surface area contributed by atoms with E-state index in [0.717, 1.165) is 22.6 Å².